The van der Waals surface area contributed by atoms with Gasteiger partial charge in [-0.2, -0.15) is 4.98 Å². The van der Waals surface area contributed by atoms with Gasteiger partial charge in [0, 0.05) is 42.7 Å². The first kappa shape index (κ1) is 19.5. The van der Waals surface area contributed by atoms with E-state index in [4.69, 9.17) is 4.52 Å². The molecule has 2 aromatic heterocycles. The van der Waals surface area contributed by atoms with E-state index in [1.165, 1.54) is 5.56 Å². The van der Waals surface area contributed by atoms with Crippen molar-refractivity contribution in [3.05, 3.63) is 64.2 Å². The third kappa shape index (κ3) is 4.63. The number of benzene rings is 1. The van der Waals surface area contributed by atoms with Crippen LogP contribution in [-0.2, 0) is 4.79 Å². The van der Waals surface area contributed by atoms with Crippen molar-refractivity contribution in [3.8, 4) is 11.4 Å². The second-order valence-corrected chi connectivity index (χ2v) is 8.19. The van der Waals surface area contributed by atoms with Crippen molar-refractivity contribution in [3.63, 3.8) is 0 Å². The van der Waals surface area contributed by atoms with Gasteiger partial charge in [0.1, 0.15) is 0 Å². The van der Waals surface area contributed by atoms with E-state index < -0.39 is 0 Å². The highest BCUT2D eigenvalue weighted by Crippen LogP contribution is 2.24. The molecule has 1 aliphatic heterocycles. The molecule has 1 amide bonds. The van der Waals surface area contributed by atoms with Gasteiger partial charge in [-0.1, -0.05) is 41.1 Å². The summed E-state index contributed by atoms with van der Waals surface area (Å²) < 4.78 is 5.53. The fraction of sp³-hybridized carbons (Fsp3) is 0.318. The number of hydrogen-bond donors (Lipinski definition) is 0. The summed E-state index contributed by atoms with van der Waals surface area (Å²) >= 11 is 1.63. The number of hydrogen-bond acceptors (Lipinski definition) is 6. The standard InChI is InChI=1S/C22H24N4O2S/c1-16-5-7-18(8-6-16)21-23-22(28-24-21)17(2)25-11-13-26(14-12-25)20(27)10-9-19-4-3-15-29-19/h3-10,15,17H,11-14H2,1-2H3/b10-9+. The summed E-state index contributed by atoms with van der Waals surface area (Å²) in [5, 5.41) is 6.14. The van der Waals surface area contributed by atoms with Crippen LogP contribution in [0, 0.1) is 6.92 Å². The summed E-state index contributed by atoms with van der Waals surface area (Å²) in [6.45, 7) is 7.06. The number of carbonyl (C=O) groups excluding carboxylic acids is 1. The minimum Gasteiger partial charge on any atom is -0.337 e. The molecule has 3 aromatic rings. The maximum absolute atomic E-state index is 12.4. The molecule has 1 aromatic carbocycles. The van der Waals surface area contributed by atoms with Gasteiger partial charge in [0.15, 0.2) is 0 Å². The molecule has 0 bridgehead atoms. The number of piperazine rings is 1. The second kappa shape index (κ2) is 8.71. The molecule has 7 heteroatoms. The van der Waals surface area contributed by atoms with E-state index in [2.05, 4.69) is 28.9 Å². The molecule has 1 fully saturated rings. The van der Waals surface area contributed by atoms with Crippen molar-refractivity contribution in [1.82, 2.24) is 19.9 Å². The lowest BCUT2D eigenvalue weighted by molar-refractivity contribution is -0.128. The van der Waals surface area contributed by atoms with Crippen LogP contribution in [0.15, 0.2) is 52.4 Å². The Morgan fingerprint density at radius 2 is 1.93 bits per heavy atom. The van der Waals surface area contributed by atoms with Crippen LogP contribution in [0.1, 0.15) is 29.3 Å². The number of thiophene rings is 1. The molecule has 0 spiro atoms. The molecule has 0 radical (unpaired) electrons. The lowest BCUT2D eigenvalue weighted by Crippen LogP contribution is -2.48. The largest absolute Gasteiger partial charge is 0.337 e. The van der Waals surface area contributed by atoms with Crippen LogP contribution in [-0.4, -0.2) is 52.0 Å². The van der Waals surface area contributed by atoms with Crippen molar-refractivity contribution >= 4 is 23.3 Å². The molecule has 1 unspecified atom stereocenters. The average molecular weight is 409 g/mol. The highest BCUT2D eigenvalue weighted by atomic mass is 32.1. The molecule has 4 rings (SSSR count). The average Bonchev–Trinajstić information content (AvgIpc) is 3.44. The van der Waals surface area contributed by atoms with Crippen molar-refractivity contribution in [2.75, 3.05) is 26.2 Å². The molecule has 1 atom stereocenters. The minimum atomic E-state index is 0.0145. The number of rotatable bonds is 5. The summed E-state index contributed by atoms with van der Waals surface area (Å²) in [5.41, 5.74) is 2.15. The quantitative estimate of drug-likeness (QED) is 0.597. The lowest BCUT2D eigenvalue weighted by Gasteiger charge is -2.36. The number of amides is 1. The van der Waals surface area contributed by atoms with Gasteiger partial charge in [-0.15, -0.1) is 11.3 Å². The molecule has 0 N–H and O–H groups in total. The Morgan fingerprint density at radius 3 is 2.62 bits per heavy atom. The zero-order chi connectivity index (χ0) is 20.2. The maximum atomic E-state index is 12.4. The van der Waals surface area contributed by atoms with Gasteiger partial charge < -0.3 is 9.42 Å². The molecule has 3 heterocycles. The highest BCUT2D eigenvalue weighted by molar-refractivity contribution is 7.10. The monoisotopic (exact) mass is 408 g/mol. The first-order valence-corrected chi connectivity index (χ1v) is 10.6. The molecular formula is C22H24N4O2S. The van der Waals surface area contributed by atoms with Crippen LogP contribution in [0.25, 0.3) is 17.5 Å². The van der Waals surface area contributed by atoms with Gasteiger partial charge in [0.2, 0.25) is 17.6 Å². The molecule has 0 saturated carbocycles. The number of aromatic nitrogens is 2. The lowest BCUT2D eigenvalue weighted by atomic mass is 10.1. The molecule has 1 aliphatic rings. The second-order valence-electron chi connectivity index (χ2n) is 7.21. The molecular weight excluding hydrogens is 384 g/mol. The zero-order valence-electron chi connectivity index (χ0n) is 16.6. The van der Waals surface area contributed by atoms with E-state index in [1.807, 2.05) is 52.8 Å². The molecule has 29 heavy (non-hydrogen) atoms. The topological polar surface area (TPSA) is 62.5 Å². The smallest absolute Gasteiger partial charge is 0.246 e. The van der Waals surface area contributed by atoms with Crippen molar-refractivity contribution in [2.45, 2.75) is 19.9 Å². The van der Waals surface area contributed by atoms with E-state index in [0.717, 1.165) is 23.5 Å². The predicted octanol–water partition coefficient (Wildman–Crippen LogP) is 4.03. The van der Waals surface area contributed by atoms with Crippen LogP contribution < -0.4 is 0 Å². The number of nitrogens with zero attached hydrogens (tertiary/aromatic N) is 4. The Balaban J connectivity index is 1.34. The fourth-order valence-electron chi connectivity index (χ4n) is 3.36. The maximum Gasteiger partial charge on any atom is 0.246 e. The fourth-order valence-corrected chi connectivity index (χ4v) is 3.97. The van der Waals surface area contributed by atoms with Gasteiger partial charge in [0.05, 0.1) is 6.04 Å². The van der Waals surface area contributed by atoms with Crippen LogP contribution in [0.2, 0.25) is 0 Å². The van der Waals surface area contributed by atoms with Crippen LogP contribution >= 0.6 is 11.3 Å². The van der Waals surface area contributed by atoms with Gasteiger partial charge >= 0.3 is 0 Å². The molecule has 150 valence electrons. The van der Waals surface area contributed by atoms with Crippen LogP contribution in [0.3, 0.4) is 0 Å². The SMILES string of the molecule is Cc1ccc(-c2noc(C(C)N3CCN(C(=O)/C=C/c4cccs4)CC3)n2)cc1. The van der Waals surface area contributed by atoms with E-state index in [-0.39, 0.29) is 11.9 Å². The number of carbonyl (C=O) groups is 1. The normalized spacial score (nSPS) is 16.4. The van der Waals surface area contributed by atoms with Crippen molar-refractivity contribution in [2.24, 2.45) is 0 Å². The molecule has 1 saturated heterocycles. The molecule has 0 aliphatic carbocycles. The minimum absolute atomic E-state index is 0.0145. The summed E-state index contributed by atoms with van der Waals surface area (Å²) in [4.78, 5) is 22.2. The van der Waals surface area contributed by atoms with Gasteiger partial charge in [-0.3, -0.25) is 9.69 Å². The highest BCUT2D eigenvalue weighted by Gasteiger charge is 2.27. The Bertz CT molecular complexity index is 971. The Hall–Kier alpha value is -2.77. The molecule has 6 nitrogen and oxygen atoms in total. The van der Waals surface area contributed by atoms with Crippen molar-refractivity contribution < 1.29 is 9.32 Å². The van der Waals surface area contributed by atoms with E-state index in [9.17, 15) is 4.79 Å². The van der Waals surface area contributed by atoms with E-state index in [0.29, 0.717) is 24.8 Å². The zero-order valence-corrected chi connectivity index (χ0v) is 17.4. The van der Waals surface area contributed by atoms with E-state index in [1.54, 1.807) is 17.4 Å². The third-order valence-electron chi connectivity index (χ3n) is 5.22. The van der Waals surface area contributed by atoms with E-state index >= 15 is 0 Å². The van der Waals surface area contributed by atoms with Crippen molar-refractivity contribution in [1.29, 1.82) is 0 Å². The summed E-state index contributed by atoms with van der Waals surface area (Å²) in [5.74, 6) is 1.28. The van der Waals surface area contributed by atoms with Crippen LogP contribution in [0.5, 0.6) is 0 Å². The Labute approximate surface area is 174 Å². The first-order valence-electron chi connectivity index (χ1n) is 9.75. The van der Waals surface area contributed by atoms with Gasteiger partial charge in [-0.25, -0.2) is 0 Å². The Morgan fingerprint density at radius 1 is 1.17 bits per heavy atom. The van der Waals surface area contributed by atoms with Crippen LogP contribution in [0.4, 0.5) is 0 Å². The van der Waals surface area contributed by atoms with Gasteiger partial charge in [0.25, 0.3) is 0 Å². The number of aryl methyl sites for hydroxylation is 1. The van der Waals surface area contributed by atoms with Gasteiger partial charge in [-0.05, 0) is 31.4 Å². The predicted molar refractivity (Wildman–Crippen MR) is 114 cm³/mol. The Kier molecular flexibility index (Phi) is 5.87. The summed E-state index contributed by atoms with van der Waals surface area (Å²) in [6.07, 6.45) is 3.55. The third-order valence-corrected chi connectivity index (χ3v) is 6.05. The first-order chi connectivity index (χ1) is 14.1. The summed E-state index contributed by atoms with van der Waals surface area (Å²) in [7, 11) is 0. The summed E-state index contributed by atoms with van der Waals surface area (Å²) in [6, 6.07) is 12.1.